The molecule has 0 bridgehead atoms. The number of amides is 2. The first-order valence-electron chi connectivity index (χ1n) is 9.39. The summed E-state index contributed by atoms with van der Waals surface area (Å²) >= 11 is 0. The van der Waals surface area contributed by atoms with Crippen LogP contribution in [0.5, 0.6) is 0 Å². The molecule has 1 aliphatic rings. The van der Waals surface area contributed by atoms with E-state index in [4.69, 9.17) is 5.73 Å². The van der Waals surface area contributed by atoms with E-state index in [9.17, 15) is 9.59 Å². The van der Waals surface area contributed by atoms with Gasteiger partial charge in [-0.3, -0.25) is 9.59 Å². The van der Waals surface area contributed by atoms with Crippen LogP contribution in [0.15, 0.2) is 24.3 Å². The van der Waals surface area contributed by atoms with E-state index in [1.807, 2.05) is 41.1 Å². The van der Waals surface area contributed by atoms with E-state index in [2.05, 4.69) is 6.92 Å². The number of unbranched alkanes of at least 4 members (excludes halogenated alkanes) is 1. The zero-order valence-electron chi connectivity index (χ0n) is 15.5. The monoisotopic (exact) mass is 345 g/mol. The van der Waals surface area contributed by atoms with Crippen molar-refractivity contribution in [3.8, 4) is 0 Å². The normalized spacial score (nSPS) is 15.2. The average Bonchev–Trinajstić information content (AvgIpc) is 2.64. The Balaban J connectivity index is 1.76. The lowest BCUT2D eigenvalue weighted by molar-refractivity contribution is -0.139. The Kier molecular flexibility index (Phi) is 7.29. The highest BCUT2D eigenvalue weighted by atomic mass is 16.2. The number of carbonyl (C=O) groups is 2. The van der Waals surface area contributed by atoms with E-state index < -0.39 is 0 Å². The van der Waals surface area contributed by atoms with E-state index in [0.29, 0.717) is 25.9 Å². The molecule has 2 rings (SSSR count). The van der Waals surface area contributed by atoms with Crippen LogP contribution in [0.2, 0.25) is 0 Å². The molecule has 2 amide bonds. The molecule has 5 heteroatoms. The molecule has 0 unspecified atom stereocenters. The minimum absolute atomic E-state index is 0.0654. The third-order valence-corrected chi connectivity index (χ3v) is 5.08. The summed E-state index contributed by atoms with van der Waals surface area (Å²) in [5, 5.41) is 0. The van der Waals surface area contributed by atoms with Crippen LogP contribution in [0, 0.1) is 5.92 Å². The topological polar surface area (TPSA) is 66.6 Å². The first kappa shape index (κ1) is 19.3. The summed E-state index contributed by atoms with van der Waals surface area (Å²) in [6, 6.07) is 7.69. The molecule has 1 heterocycles. The lowest BCUT2D eigenvalue weighted by atomic mass is 9.95. The smallest absolute Gasteiger partial charge is 0.225 e. The maximum Gasteiger partial charge on any atom is 0.225 e. The summed E-state index contributed by atoms with van der Waals surface area (Å²) in [5.41, 5.74) is 7.70. The second-order valence-corrected chi connectivity index (χ2v) is 6.97. The predicted molar refractivity (Wildman–Crippen MR) is 101 cm³/mol. The van der Waals surface area contributed by atoms with Crippen molar-refractivity contribution < 1.29 is 9.59 Å². The number of piperidine rings is 1. The highest BCUT2D eigenvalue weighted by Crippen LogP contribution is 2.21. The second-order valence-electron chi connectivity index (χ2n) is 6.97. The number of carbonyl (C=O) groups excluding carboxylic acids is 2. The number of rotatable bonds is 7. The molecular weight excluding hydrogens is 314 g/mol. The van der Waals surface area contributed by atoms with E-state index in [1.165, 1.54) is 0 Å². The molecule has 0 aromatic heterocycles. The Hall–Kier alpha value is -2.04. The van der Waals surface area contributed by atoms with Crippen LogP contribution in [0.1, 0.15) is 44.6 Å². The van der Waals surface area contributed by atoms with Crippen LogP contribution >= 0.6 is 0 Å². The third-order valence-electron chi connectivity index (χ3n) is 5.08. The van der Waals surface area contributed by atoms with Crippen molar-refractivity contribution in [1.82, 2.24) is 9.80 Å². The molecule has 1 aromatic rings. The number of para-hydroxylation sites is 1. The summed E-state index contributed by atoms with van der Waals surface area (Å²) in [7, 11) is 1.89. The fraction of sp³-hybridized carbons (Fsp3) is 0.600. The number of hydrogen-bond acceptors (Lipinski definition) is 3. The average molecular weight is 345 g/mol. The zero-order chi connectivity index (χ0) is 18.2. The lowest BCUT2D eigenvalue weighted by Gasteiger charge is -2.33. The Bertz CT molecular complexity index is 580. The number of hydrogen-bond donors (Lipinski definition) is 1. The third kappa shape index (κ3) is 5.48. The van der Waals surface area contributed by atoms with E-state index >= 15 is 0 Å². The van der Waals surface area contributed by atoms with Gasteiger partial charge in [0.25, 0.3) is 0 Å². The van der Waals surface area contributed by atoms with E-state index in [-0.39, 0.29) is 17.7 Å². The van der Waals surface area contributed by atoms with Gasteiger partial charge in [-0.2, -0.15) is 0 Å². The lowest BCUT2D eigenvalue weighted by Crippen LogP contribution is -2.43. The summed E-state index contributed by atoms with van der Waals surface area (Å²) < 4.78 is 0. The number of nitrogen functional groups attached to an aromatic ring is 1. The highest BCUT2D eigenvalue weighted by molar-refractivity contribution is 5.80. The van der Waals surface area contributed by atoms with E-state index in [0.717, 1.165) is 43.5 Å². The van der Waals surface area contributed by atoms with Crippen molar-refractivity contribution in [2.45, 2.75) is 45.4 Å². The van der Waals surface area contributed by atoms with Crippen LogP contribution in [0.25, 0.3) is 0 Å². The van der Waals surface area contributed by atoms with Crippen molar-refractivity contribution in [3.63, 3.8) is 0 Å². The van der Waals surface area contributed by atoms with E-state index in [1.54, 1.807) is 0 Å². The number of nitrogens with zero attached hydrogens (tertiary/aromatic N) is 2. The SMILES string of the molecule is CCCCN(C)C(=O)C1CCN(C(=O)CCc2ccccc2N)CC1. The molecule has 5 nitrogen and oxygen atoms in total. The number of anilines is 1. The zero-order valence-corrected chi connectivity index (χ0v) is 15.5. The molecule has 1 aliphatic heterocycles. The van der Waals surface area contributed by atoms with Crippen molar-refractivity contribution in [1.29, 1.82) is 0 Å². The first-order valence-corrected chi connectivity index (χ1v) is 9.39. The van der Waals surface area contributed by atoms with Crippen LogP contribution in [0.4, 0.5) is 5.69 Å². The van der Waals surface area contributed by atoms with Gasteiger partial charge in [0.1, 0.15) is 0 Å². The molecule has 0 saturated carbocycles. The maximum atomic E-state index is 12.4. The Morgan fingerprint density at radius 1 is 1.24 bits per heavy atom. The van der Waals surface area contributed by atoms with Gasteiger partial charge in [-0.1, -0.05) is 31.5 Å². The molecule has 0 aliphatic carbocycles. The van der Waals surface area contributed by atoms with Gasteiger partial charge in [0.05, 0.1) is 0 Å². The number of benzene rings is 1. The van der Waals surface area contributed by atoms with Gasteiger partial charge in [-0.25, -0.2) is 0 Å². The number of aryl methyl sites for hydroxylation is 1. The minimum atomic E-state index is 0.0654. The van der Waals surface area contributed by atoms with Crippen LogP contribution in [-0.4, -0.2) is 48.3 Å². The fourth-order valence-electron chi connectivity index (χ4n) is 3.35. The Morgan fingerprint density at radius 3 is 2.56 bits per heavy atom. The number of likely N-dealkylation sites (tertiary alicyclic amines) is 1. The van der Waals surface area contributed by atoms with Gasteiger partial charge in [0, 0.05) is 44.7 Å². The van der Waals surface area contributed by atoms with Gasteiger partial charge in [0.2, 0.25) is 11.8 Å². The first-order chi connectivity index (χ1) is 12.0. The molecule has 1 fully saturated rings. The van der Waals surface area contributed by atoms with Gasteiger partial charge < -0.3 is 15.5 Å². The molecular formula is C20H31N3O2. The van der Waals surface area contributed by atoms with Crippen LogP contribution in [-0.2, 0) is 16.0 Å². The molecule has 0 spiro atoms. The van der Waals surface area contributed by atoms with Gasteiger partial charge >= 0.3 is 0 Å². The van der Waals surface area contributed by atoms with Crippen molar-refractivity contribution in [3.05, 3.63) is 29.8 Å². The summed E-state index contributed by atoms with van der Waals surface area (Å²) in [6.45, 7) is 4.32. The second kappa shape index (κ2) is 9.44. The Labute approximate surface area is 151 Å². The largest absolute Gasteiger partial charge is 0.399 e. The minimum Gasteiger partial charge on any atom is -0.399 e. The summed E-state index contributed by atoms with van der Waals surface area (Å²) in [5.74, 6) is 0.460. The van der Waals surface area contributed by atoms with Crippen molar-refractivity contribution in [2.24, 2.45) is 5.92 Å². The van der Waals surface area contributed by atoms with Crippen molar-refractivity contribution in [2.75, 3.05) is 32.4 Å². The fourth-order valence-corrected chi connectivity index (χ4v) is 3.35. The van der Waals surface area contributed by atoms with Crippen LogP contribution in [0.3, 0.4) is 0 Å². The standard InChI is InChI=1S/C20H31N3O2/c1-3-4-13-22(2)20(25)17-11-14-23(15-12-17)19(24)10-9-16-7-5-6-8-18(16)21/h5-8,17H,3-4,9-15,21H2,1-2H3. The molecule has 0 radical (unpaired) electrons. The van der Waals surface area contributed by atoms with Crippen molar-refractivity contribution >= 4 is 17.5 Å². The summed E-state index contributed by atoms with van der Waals surface area (Å²) in [6.07, 6.45) is 4.83. The van der Waals surface area contributed by atoms with Gasteiger partial charge in [-0.05, 0) is 37.3 Å². The maximum absolute atomic E-state index is 12.4. The molecule has 138 valence electrons. The van der Waals surface area contributed by atoms with Gasteiger partial charge in [-0.15, -0.1) is 0 Å². The molecule has 0 atom stereocenters. The van der Waals surface area contributed by atoms with Gasteiger partial charge in [0.15, 0.2) is 0 Å². The quantitative estimate of drug-likeness (QED) is 0.773. The molecule has 1 saturated heterocycles. The molecule has 2 N–H and O–H groups in total. The summed E-state index contributed by atoms with van der Waals surface area (Å²) in [4.78, 5) is 28.6. The molecule has 25 heavy (non-hydrogen) atoms. The predicted octanol–water partition coefficient (Wildman–Crippen LogP) is 2.70. The number of nitrogens with two attached hydrogens (primary N) is 1. The van der Waals surface area contributed by atoms with Crippen LogP contribution < -0.4 is 5.73 Å². The highest BCUT2D eigenvalue weighted by Gasteiger charge is 2.28. The molecule has 1 aromatic carbocycles. The Morgan fingerprint density at radius 2 is 1.92 bits per heavy atom.